The smallest absolute Gasteiger partial charge is 0.322 e. The summed E-state index contributed by atoms with van der Waals surface area (Å²) < 4.78 is 40.9. The fraction of sp³-hybridized carbons (Fsp3) is 0.440. The molecule has 1 heterocycles. The van der Waals surface area contributed by atoms with E-state index in [0.29, 0.717) is 5.69 Å². The van der Waals surface area contributed by atoms with Crippen LogP contribution in [0.4, 0.5) is 23.7 Å². The number of urea groups is 1. The minimum Gasteiger partial charge on any atom is -0.389 e. The first-order valence-corrected chi connectivity index (χ1v) is 11.2. The second-order valence-electron chi connectivity index (χ2n) is 10.6. The van der Waals surface area contributed by atoms with Gasteiger partial charge in [0.2, 0.25) is 5.91 Å². The number of amides is 3. The highest BCUT2D eigenvalue weighted by Gasteiger charge is 2.71. The Balaban J connectivity index is 1.17. The molecule has 0 aromatic heterocycles. The number of aliphatic hydroxyl groups is 1. The maximum atomic E-state index is 14.0. The highest BCUT2D eigenvalue weighted by atomic mass is 19.2. The molecule has 3 amide bonds. The molecule has 3 N–H and O–H groups in total. The van der Waals surface area contributed by atoms with Gasteiger partial charge in [-0.3, -0.25) is 4.79 Å². The summed E-state index contributed by atoms with van der Waals surface area (Å²) >= 11 is 0. The van der Waals surface area contributed by atoms with Crippen molar-refractivity contribution in [1.82, 2.24) is 10.2 Å². The largest absolute Gasteiger partial charge is 0.389 e. The molecular weight excluding hydrogens is 447 g/mol. The third kappa shape index (κ3) is 3.62. The van der Waals surface area contributed by atoms with Crippen LogP contribution in [0.15, 0.2) is 30.3 Å². The van der Waals surface area contributed by atoms with Gasteiger partial charge in [-0.1, -0.05) is 12.1 Å². The van der Waals surface area contributed by atoms with Gasteiger partial charge in [-0.15, -0.1) is 0 Å². The number of halogens is 3. The number of nitrogens with one attached hydrogen (secondary N) is 2. The lowest BCUT2D eigenvalue weighted by Gasteiger charge is -2.69. The Bertz CT molecular complexity index is 1170. The van der Waals surface area contributed by atoms with E-state index in [1.165, 1.54) is 4.90 Å². The minimum atomic E-state index is -1.53. The maximum Gasteiger partial charge on any atom is 0.322 e. The summed E-state index contributed by atoms with van der Waals surface area (Å²) in [5, 5.41) is 15.4. The number of hydrogen-bond acceptors (Lipinski definition) is 3. The molecule has 0 saturated heterocycles. The quantitative estimate of drug-likeness (QED) is 0.575. The van der Waals surface area contributed by atoms with Gasteiger partial charge in [-0.05, 0) is 67.9 Å². The topological polar surface area (TPSA) is 81.7 Å². The van der Waals surface area contributed by atoms with Crippen LogP contribution in [0.2, 0.25) is 0 Å². The van der Waals surface area contributed by atoms with Gasteiger partial charge in [0, 0.05) is 24.3 Å². The Hall–Kier alpha value is -3.07. The molecule has 34 heavy (non-hydrogen) atoms. The number of rotatable bonds is 5. The van der Waals surface area contributed by atoms with Crippen LogP contribution < -0.4 is 10.6 Å². The van der Waals surface area contributed by atoms with E-state index in [9.17, 15) is 27.9 Å². The van der Waals surface area contributed by atoms with Crippen molar-refractivity contribution in [3.05, 3.63) is 64.5 Å². The number of hydrogen-bond donors (Lipinski definition) is 3. The molecule has 0 radical (unpaired) electrons. The molecule has 2 bridgehead atoms. The van der Waals surface area contributed by atoms with Crippen LogP contribution >= 0.6 is 0 Å². The first kappa shape index (κ1) is 22.7. The molecule has 0 atom stereocenters. The Morgan fingerprint density at radius 3 is 2.32 bits per heavy atom. The molecule has 0 unspecified atom stereocenters. The van der Waals surface area contributed by atoms with Crippen LogP contribution in [-0.2, 0) is 23.3 Å². The number of nitrogens with zero attached hydrogens (tertiary/aromatic N) is 1. The summed E-state index contributed by atoms with van der Waals surface area (Å²) in [5.41, 5.74) is 0.569. The normalized spacial score (nSPS) is 24.7. The SMILES string of the molecule is CC(C)(O)CNC(=O)C12CC(c3ccc(NC(=O)N4Cc5cc(F)c(F)c(F)c5C4)cc3)(C1)C2. The highest BCUT2D eigenvalue weighted by Crippen LogP contribution is 2.73. The van der Waals surface area contributed by atoms with Gasteiger partial charge >= 0.3 is 6.03 Å². The van der Waals surface area contributed by atoms with Crippen LogP contribution in [0, 0.1) is 22.9 Å². The van der Waals surface area contributed by atoms with Crippen molar-refractivity contribution in [2.24, 2.45) is 5.41 Å². The molecule has 9 heteroatoms. The molecule has 0 spiro atoms. The van der Waals surface area contributed by atoms with Crippen molar-refractivity contribution in [2.45, 2.75) is 57.2 Å². The fourth-order valence-electron chi connectivity index (χ4n) is 5.52. The highest BCUT2D eigenvalue weighted by molar-refractivity contribution is 5.90. The van der Waals surface area contributed by atoms with E-state index >= 15 is 0 Å². The van der Waals surface area contributed by atoms with Crippen LogP contribution in [-0.4, -0.2) is 34.1 Å². The third-order valence-electron chi connectivity index (χ3n) is 7.30. The molecule has 180 valence electrons. The zero-order chi connectivity index (χ0) is 24.5. The average molecular weight is 473 g/mol. The van der Waals surface area contributed by atoms with Crippen molar-refractivity contribution >= 4 is 17.6 Å². The van der Waals surface area contributed by atoms with Crippen molar-refractivity contribution in [2.75, 3.05) is 11.9 Å². The van der Waals surface area contributed by atoms with Gasteiger partial charge in [0.15, 0.2) is 17.5 Å². The number of benzene rings is 2. The number of anilines is 1. The molecule has 6 nitrogen and oxygen atoms in total. The average Bonchev–Trinajstić information content (AvgIpc) is 3.13. The van der Waals surface area contributed by atoms with E-state index in [2.05, 4.69) is 10.6 Å². The number of carbonyl (C=O) groups excluding carboxylic acids is 2. The minimum absolute atomic E-state index is 0.00586. The predicted molar refractivity (Wildman–Crippen MR) is 118 cm³/mol. The Kier molecular flexibility index (Phi) is 4.99. The maximum absolute atomic E-state index is 14.0. The fourth-order valence-corrected chi connectivity index (χ4v) is 5.52. The number of fused-ring (bicyclic) bond motifs is 1. The van der Waals surface area contributed by atoms with Crippen molar-refractivity contribution in [3.8, 4) is 0 Å². The molecule has 4 aliphatic rings. The van der Waals surface area contributed by atoms with Gasteiger partial charge in [0.25, 0.3) is 0 Å². The second kappa shape index (κ2) is 7.46. The molecule has 2 aromatic rings. The Morgan fingerprint density at radius 2 is 1.71 bits per heavy atom. The van der Waals surface area contributed by atoms with Crippen molar-refractivity contribution in [1.29, 1.82) is 0 Å². The lowest BCUT2D eigenvalue weighted by molar-refractivity contribution is -0.176. The van der Waals surface area contributed by atoms with Gasteiger partial charge < -0.3 is 20.6 Å². The Labute approximate surface area is 195 Å². The summed E-state index contributed by atoms with van der Waals surface area (Å²) in [6.07, 6.45) is 2.27. The van der Waals surface area contributed by atoms with Gasteiger partial charge in [-0.25, -0.2) is 18.0 Å². The van der Waals surface area contributed by atoms with E-state index in [4.69, 9.17) is 0 Å². The molecule has 3 saturated carbocycles. The molecule has 3 aliphatic carbocycles. The second-order valence-corrected chi connectivity index (χ2v) is 10.6. The zero-order valence-electron chi connectivity index (χ0n) is 19.0. The first-order valence-electron chi connectivity index (χ1n) is 11.2. The molecule has 1 aliphatic heterocycles. The first-order chi connectivity index (χ1) is 15.9. The number of carbonyl (C=O) groups is 2. The monoisotopic (exact) mass is 473 g/mol. The standard InChI is InChI=1S/C25H26F3N3O3/c1-23(2,34)13-29-21(32)25-10-24(11-25,12-25)15-3-5-16(6-4-15)30-22(33)31-8-14-7-18(26)20(28)19(27)17(14)9-31/h3-7,34H,8-13H2,1-2H3,(H,29,32)(H,30,33). The third-order valence-corrected chi connectivity index (χ3v) is 7.30. The van der Waals surface area contributed by atoms with E-state index in [1.54, 1.807) is 26.0 Å². The van der Waals surface area contributed by atoms with Gasteiger partial charge in [0.05, 0.1) is 17.6 Å². The van der Waals surface area contributed by atoms with Crippen LogP contribution in [0.25, 0.3) is 0 Å². The lowest BCUT2D eigenvalue weighted by atomic mass is 9.33. The van der Waals surface area contributed by atoms with Gasteiger partial charge in [-0.2, -0.15) is 0 Å². The molecule has 2 aromatic carbocycles. The zero-order valence-corrected chi connectivity index (χ0v) is 19.0. The summed E-state index contributed by atoms with van der Waals surface area (Å²) in [5.74, 6) is -4.05. The summed E-state index contributed by atoms with van der Waals surface area (Å²) in [4.78, 5) is 26.4. The van der Waals surface area contributed by atoms with Crippen molar-refractivity contribution < 1.29 is 27.9 Å². The molecule has 3 fully saturated rings. The van der Waals surface area contributed by atoms with Crippen LogP contribution in [0.5, 0.6) is 0 Å². The van der Waals surface area contributed by atoms with Crippen LogP contribution in [0.3, 0.4) is 0 Å². The van der Waals surface area contributed by atoms with E-state index in [-0.39, 0.29) is 47.5 Å². The summed E-state index contributed by atoms with van der Waals surface area (Å²) in [6.45, 7) is 3.37. The van der Waals surface area contributed by atoms with Gasteiger partial charge in [0.1, 0.15) is 0 Å². The van der Waals surface area contributed by atoms with E-state index < -0.39 is 29.1 Å². The summed E-state index contributed by atoms with van der Waals surface area (Å²) in [7, 11) is 0. The molecular formula is C25H26F3N3O3. The van der Waals surface area contributed by atoms with Crippen LogP contribution in [0.1, 0.15) is 49.8 Å². The van der Waals surface area contributed by atoms with E-state index in [1.807, 2.05) is 12.1 Å². The Morgan fingerprint density at radius 1 is 1.06 bits per heavy atom. The van der Waals surface area contributed by atoms with Crippen molar-refractivity contribution in [3.63, 3.8) is 0 Å². The van der Waals surface area contributed by atoms with E-state index in [0.717, 1.165) is 30.9 Å². The predicted octanol–water partition coefficient (Wildman–Crippen LogP) is 3.96. The lowest BCUT2D eigenvalue weighted by Crippen LogP contribution is -2.70. The summed E-state index contributed by atoms with van der Waals surface area (Å²) in [6, 6.07) is 7.84. The molecule has 6 rings (SSSR count).